The van der Waals surface area contributed by atoms with Gasteiger partial charge in [-0.1, -0.05) is 53.7 Å². The molecule has 1 aliphatic carbocycles. The highest BCUT2D eigenvalue weighted by Crippen LogP contribution is 2.42. The third-order valence-corrected chi connectivity index (χ3v) is 6.29. The molecule has 1 unspecified atom stereocenters. The summed E-state index contributed by atoms with van der Waals surface area (Å²) in [5.74, 6) is 2.49. The first-order valence-corrected chi connectivity index (χ1v) is 11.3. The SMILES string of the molecule is CC(Sc1nnc(COc2ccccc2Cl)n1C1CC1)c1nnc(-c2ccccc2)o1. The van der Waals surface area contributed by atoms with Crippen molar-refractivity contribution in [3.8, 4) is 17.2 Å². The van der Waals surface area contributed by atoms with Crippen LogP contribution in [0.15, 0.2) is 64.2 Å². The van der Waals surface area contributed by atoms with E-state index in [-0.39, 0.29) is 5.25 Å². The Morgan fingerprint density at radius 3 is 2.61 bits per heavy atom. The second kappa shape index (κ2) is 8.72. The van der Waals surface area contributed by atoms with Crippen molar-refractivity contribution in [2.45, 2.75) is 42.8 Å². The lowest BCUT2D eigenvalue weighted by atomic mass is 10.2. The molecule has 4 aromatic rings. The number of halogens is 1. The van der Waals surface area contributed by atoms with Crippen molar-refractivity contribution in [1.29, 1.82) is 0 Å². The van der Waals surface area contributed by atoms with Gasteiger partial charge < -0.3 is 9.15 Å². The van der Waals surface area contributed by atoms with Gasteiger partial charge in [-0.2, -0.15) is 0 Å². The van der Waals surface area contributed by atoms with Crippen LogP contribution in [0.1, 0.15) is 42.8 Å². The summed E-state index contributed by atoms with van der Waals surface area (Å²) >= 11 is 7.76. The summed E-state index contributed by atoms with van der Waals surface area (Å²) in [6, 6.07) is 17.6. The van der Waals surface area contributed by atoms with Gasteiger partial charge in [0.25, 0.3) is 0 Å². The maximum atomic E-state index is 6.20. The summed E-state index contributed by atoms with van der Waals surface area (Å²) in [7, 11) is 0. The third-order valence-electron chi connectivity index (χ3n) is 4.93. The number of ether oxygens (including phenoxy) is 1. The molecular formula is C22H20ClN5O2S. The molecule has 1 atom stereocenters. The molecule has 0 amide bonds. The predicted octanol–water partition coefficient (Wildman–Crippen LogP) is 5.75. The van der Waals surface area contributed by atoms with Gasteiger partial charge in [-0.3, -0.25) is 4.57 Å². The van der Waals surface area contributed by atoms with Crippen molar-refractivity contribution >= 4 is 23.4 Å². The van der Waals surface area contributed by atoms with Crippen LogP contribution in [-0.4, -0.2) is 25.0 Å². The highest BCUT2D eigenvalue weighted by Gasteiger charge is 2.31. The molecule has 9 heteroatoms. The Hall–Kier alpha value is -2.84. The minimum Gasteiger partial charge on any atom is -0.484 e. The van der Waals surface area contributed by atoms with E-state index in [2.05, 4.69) is 25.0 Å². The summed E-state index contributed by atoms with van der Waals surface area (Å²) in [5.41, 5.74) is 0.901. The molecule has 31 heavy (non-hydrogen) atoms. The maximum absolute atomic E-state index is 6.20. The first kappa shape index (κ1) is 20.1. The summed E-state index contributed by atoms with van der Waals surface area (Å²) in [5, 5.41) is 18.6. The zero-order valence-electron chi connectivity index (χ0n) is 16.8. The van der Waals surface area contributed by atoms with Gasteiger partial charge in [0, 0.05) is 11.6 Å². The molecular weight excluding hydrogens is 434 g/mol. The molecule has 0 N–H and O–H groups in total. The lowest BCUT2D eigenvalue weighted by Crippen LogP contribution is -2.07. The van der Waals surface area contributed by atoms with E-state index in [0.717, 1.165) is 29.4 Å². The zero-order chi connectivity index (χ0) is 21.2. The largest absolute Gasteiger partial charge is 0.484 e. The van der Waals surface area contributed by atoms with Crippen LogP contribution in [0.25, 0.3) is 11.5 Å². The molecule has 2 heterocycles. The Kier molecular flexibility index (Phi) is 5.65. The van der Waals surface area contributed by atoms with E-state index < -0.39 is 0 Å². The van der Waals surface area contributed by atoms with Gasteiger partial charge in [0.05, 0.1) is 10.3 Å². The van der Waals surface area contributed by atoms with Gasteiger partial charge in [-0.25, -0.2) is 0 Å². The fraction of sp³-hybridized carbons (Fsp3) is 0.273. The van der Waals surface area contributed by atoms with Crippen LogP contribution in [0.4, 0.5) is 0 Å². The van der Waals surface area contributed by atoms with Crippen molar-refractivity contribution in [2.24, 2.45) is 0 Å². The first-order valence-electron chi connectivity index (χ1n) is 10.1. The molecule has 5 rings (SSSR count). The molecule has 0 aliphatic heterocycles. The summed E-state index contributed by atoms with van der Waals surface area (Å²) < 4.78 is 14.0. The van der Waals surface area contributed by atoms with Gasteiger partial charge in [0.2, 0.25) is 11.8 Å². The number of hydrogen-bond acceptors (Lipinski definition) is 7. The second-order valence-corrected chi connectivity index (χ2v) is 9.01. The van der Waals surface area contributed by atoms with Gasteiger partial charge >= 0.3 is 0 Å². The lowest BCUT2D eigenvalue weighted by Gasteiger charge is -2.12. The predicted molar refractivity (Wildman–Crippen MR) is 118 cm³/mol. The van der Waals surface area contributed by atoms with E-state index in [1.165, 1.54) is 0 Å². The van der Waals surface area contributed by atoms with Crippen molar-refractivity contribution in [2.75, 3.05) is 0 Å². The molecule has 158 valence electrons. The van der Waals surface area contributed by atoms with Crippen LogP contribution in [0.2, 0.25) is 5.02 Å². The number of rotatable bonds is 8. The van der Waals surface area contributed by atoms with E-state index in [4.69, 9.17) is 20.8 Å². The normalized spacial score (nSPS) is 14.5. The quantitative estimate of drug-likeness (QED) is 0.314. The van der Waals surface area contributed by atoms with Crippen LogP contribution in [0.5, 0.6) is 5.75 Å². The molecule has 1 aliphatic rings. The number of nitrogens with zero attached hydrogens (tertiary/aromatic N) is 5. The van der Waals surface area contributed by atoms with Gasteiger partial charge in [-0.15, -0.1) is 20.4 Å². The number of hydrogen-bond donors (Lipinski definition) is 0. The summed E-state index contributed by atoms with van der Waals surface area (Å²) in [4.78, 5) is 0. The Bertz CT molecular complexity index is 1180. The molecule has 0 radical (unpaired) electrons. The Balaban J connectivity index is 1.32. The van der Waals surface area contributed by atoms with Crippen molar-refractivity contribution in [3.05, 3.63) is 71.3 Å². The number of aromatic nitrogens is 5. The van der Waals surface area contributed by atoms with Crippen LogP contribution >= 0.6 is 23.4 Å². The Morgan fingerprint density at radius 1 is 1.06 bits per heavy atom. The van der Waals surface area contributed by atoms with E-state index >= 15 is 0 Å². The topological polar surface area (TPSA) is 78.9 Å². The molecule has 7 nitrogen and oxygen atoms in total. The Labute approximate surface area is 188 Å². The van der Waals surface area contributed by atoms with Crippen molar-refractivity contribution < 1.29 is 9.15 Å². The van der Waals surface area contributed by atoms with E-state index in [9.17, 15) is 0 Å². The van der Waals surface area contributed by atoms with Crippen LogP contribution in [-0.2, 0) is 6.61 Å². The van der Waals surface area contributed by atoms with Crippen LogP contribution < -0.4 is 4.74 Å². The van der Waals surface area contributed by atoms with Gasteiger partial charge in [-0.05, 0) is 44.0 Å². The number of para-hydroxylation sites is 1. The van der Waals surface area contributed by atoms with E-state index in [1.807, 2.05) is 55.5 Å². The summed E-state index contributed by atoms with van der Waals surface area (Å²) in [6.07, 6.45) is 2.22. The lowest BCUT2D eigenvalue weighted by molar-refractivity contribution is 0.288. The monoisotopic (exact) mass is 453 g/mol. The van der Waals surface area contributed by atoms with Crippen LogP contribution in [0.3, 0.4) is 0 Å². The molecule has 2 aromatic heterocycles. The number of benzene rings is 2. The minimum atomic E-state index is -0.0657. The minimum absolute atomic E-state index is 0.0657. The highest BCUT2D eigenvalue weighted by molar-refractivity contribution is 7.99. The average Bonchev–Trinajstić information content (AvgIpc) is 3.36. The fourth-order valence-electron chi connectivity index (χ4n) is 3.19. The molecule has 1 fully saturated rings. The molecule has 1 saturated carbocycles. The van der Waals surface area contributed by atoms with Crippen molar-refractivity contribution in [1.82, 2.24) is 25.0 Å². The second-order valence-electron chi connectivity index (χ2n) is 7.29. The van der Waals surface area contributed by atoms with Crippen molar-refractivity contribution in [3.63, 3.8) is 0 Å². The fourth-order valence-corrected chi connectivity index (χ4v) is 4.35. The summed E-state index contributed by atoms with van der Waals surface area (Å²) in [6.45, 7) is 2.33. The first-order chi connectivity index (χ1) is 15.2. The highest BCUT2D eigenvalue weighted by atomic mass is 35.5. The Morgan fingerprint density at radius 2 is 1.84 bits per heavy atom. The molecule has 2 aromatic carbocycles. The van der Waals surface area contributed by atoms with E-state index in [1.54, 1.807) is 17.8 Å². The van der Waals surface area contributed by atoms with Crippen LogP contribution in [0, 0.1) is 0 Å². The molecule has 0 spiro atoms. The van der Waals surface area contributed by atoms with E-state index in [0.29, 0.717) is 35.2 Å². The molecule has 0 bridgehead atoms. The smallest absolute Gasteiger partial charge is 0.247 e. The maximum Gasteiger partial charge on any atom is 0.247 e. The van der Waals surface area contributed by atoms with Gasteiger partial charge in [0.1, 0.15) is 12.4 Å². The molecule has 0 saturated heterocycles. The zero-order valence-corrected chi connectivity index (χ0v) is 18.4. The average molecular weight is 454 g/mol. The number of thioether (sulfide) groups is 1. The third kappa shape index (κ3) is 4.45. The standard InChI is InChI=1S/C22H20ClN5O2S/c1-14(20-25-26-21(30-20)15-7-3-2-4-8-15)31-22-27-24-19(28(22)16-11-12-16)13-29-18-10-6-5-9-17(18)23/h2-10,14,16H,11-13H2,1H3. The van der Waals surface area contributed by atoms with Gasteiger partial charge in [0.15, 0.2) is 11.0 Å².